The number of hydrogen-bond acceptors (Lipinski definition) is 2. The summed E-state index contributed by atoms with van der Waals surface area (Å²) in [6.07, 6.45) is 3.84. The van der Waals surface area contributed by atoms with Gasteiger partial charge in [0.15, 0.2) is 0 Å². The Morgan fingerprint density at radius 1 is 1.35 bits per heavy atom. The van der Waals surface area contributed by atoms with Gasteiger partial charge in [-0.25, -0.2) is 4.98 Å². The van der Waals surface area contributed by atoms with Crippen molar-refractivity contribution in [3.63, 3.8) is 0 Å². The van der Waals surface area contributed by atoms with E-state index in [1.807, 2.05) is 19.3 Å². The number of hydrogen-bond donors (Lipinski definition) is 1. The number of imidazole rings is 1. The molecule has 1 unspecified atom stereocenters. The summed E-state index contributed by atoms with van der Waals surface area (Å²) in [5.41, 5.74) is 2.51. The maximum atomic E-state index is 4.28. The zero-order valence-electron chi connectivity index (χ0n) is 10.6. The number of aryl methyl sites for hydroxylation is 1. The molecular weight excluding hydrogens is 210 g/mol. The molecule has 1 heterocycles. The predicted octanol–water partition coefficient (Wildman–Crippen LogP) is 2.85. The van der Waals surface area contributed by atoms with Crippen LogP contribution < -0.4 is 5.32 Å². The van der Waals surface area contributed by atoms with E-state index in [2.05, 4.69) is 53.0 Å². The Morgan fingerprint density at radius 2 is 2.12 bits per heavy atom. The molecule has 0 saturated carbocycles. The van der Waals surface area contributed by atoms with Gasteiger partial charge in [0.05, 0.1) is 5.69 Å². The highest BCUT2D eigenvalue weighted by molar-refractivity contribution is 5.43. The fourth-order valence-corrected chi connectivity index (χ4v) is 2.12. The van der Waals surface area contributed by atoms with Crippen molar-refractivity contribution < 1.29 is 0 Å². The molecule has 1 aromatic heterocycles. The monoisotopic (exact) mass is 229 g/mol. The molecule has 17 heavy (non-hydrogen) atoms. The van der Waals surface area contributed by atoms with Crippen LogP contribution in [0.25, 0.3) is 5.69 Å². The molecule has 3 heteroatoms. The zero-order valence-corrected chi connectivity index (χ0v) is 10.6. The van der Waals surface area contributed by atoms with Gasteiger partial charge in [-0.2, -0.15) is 0 Å². The molecule has 0 radical (unpaired) electrons. The van der Waals surface area contributed by atoms with E-state index in [0.717, 1.165) is 12.4 Å². The summed E-state index contributed by atoms with van der Waals surface area (Å²) in [6.45, 7) is 7.31. The quantitative estimate of drug-likeness (QED) is 0.873. The molecule has 90 valence electrons. The highest BCUT2D eigenvalue weighted by atomic mass is 15.1. The molecule has 0 aliphatic carbocycles. The number of rotatable bonds is 4. The molecule has 2 rings (SSSR count). The molecule has 0 aliphatic heterocycles. The van der Waals surface area contributed by atoms with Crippen molar-refractivity contribution in [3.8, 4) is 5.69 Å². The Morgan fingerprint density at radius 3 is 2.76 bits per heavy atom. The molecule has 0 bridgehead atoms. The Hall–Kier alpha value is -1.61. The van der Waals surface area contributed by atoms with Crippen molar-refractivity contribution in [3.05, 3.63) is 48.0 Å². The van der Waals surface area contributed by atoms with Crippen LogP contribution in [-0.4, -0.2) is 16.1 Å². The third kappa shape index (κ3) is 2.39. The second kappa shape index (κ2) is 5.15. The Kier molecular flexibility index (Phi) is 3.59. The van der Waals surface area contributed by atoms with Crippen molar-refractivity contribution >= 4 is 0 Å². The number of nitrogens with one attached hydrogen (secondary N) is 1. The minimum Gasteiger partial charge on any atom is -0.310 e. The predicted molar refractivity (Wildman–Crippen MR) is 70.4 cm³/mol. The van der Waals surface area contributed by atoms with Crippen LogP contribution in [0.4, 0.5) is 0 Å². The third-order valence-electron chi connectivity index (χ3n) is 3.00. The standard InChI is InChI=1S/C14H19N3/c1-4-15-11(2)13-7-5-6-8-14(13)17-10-9-16-12(17)3/h5-11,15H,4H2,1-3H3. The molecule has 1 N–H and O–H groups in total. The van der Waals surface area contributed by atoms with E-state index in [0.29, 0.717) is 6.04 Å². The van der Waals surface area contributed by atoms with Crippen LogP contribution in [0.3, 0.4) is 0 Å². The maximum absolute atomic E-state index is 4.28. The van der Waals surface area contributed by atoms with E-state index >= 15 is 0 Å². The molecule has 0 aliphatic rings. The molecule has 2 aromatic rings. The van der Waals surface area contributed by atoms with Gasteiger partial charge in [-0.05, 0) is 32.0 Å². The molecule has 0 spiro atoms. The second-order valence-electron chi connectivity index (χ2n) is 4.18. The van der Waals surface area contributed by atoms with Gasteiger partial charge >= 0.3 is 0 Å². The normalized spacial score (nSPS) is 12.6. The van der Waals surface area contributed by atoms with Gasteiger partial charge in [0, 0.05) is 18.4 Å². The maximum Gasteiger partial charge on any atom is 0.110 e. The van der Waals surface area contributed by atoms with Gasteiger partial charge in [-0.15, -0.1) is 0 Å². The first-order valence-corrected chi connectivity index (χ1v) is 6.06. The summed E-state index contributed by atoms with van der Waals surface area (Å²) < 4.78 is 2.13. The van der Waals surface area contributed by atoms with Crippen LogP contribution in [0.1, 0.15) is 31.3 Å². The summed E-state index contributed by atoms with van der Waals surface area (Å²) in [7, 11) is 0. The van der Waals surface area contributed by atoms with Gasteiger partial charge in [-0.3, -0.25) is 0 Å². The zero-order chi connectivity index (χ0) is 12.3. The van der Waals surface area contributed by atoms with Gasteiger partial charge in [0.25, 0.3) is 0 Å². The second-order valence-corrected chi connectivity index (χ2v) is 4.18. The average molecular weight is 229 g/mol. The lowest BCUT2D eigenvalue weighted by Gasteiger charge is -2.18. The van der Waals surface area contributed by atoms with E-state index in [1.54, 1.807) is 0 Å². The van der Waals surface area contributed by atoms with Crippen molar-refractivity contribution in [2.75, 3.05) is 6.54 Å². The van der Waals surface area contributed by atoms with E-state index in [9.17, 15) is 0 Å². The van der Waals surface area contributed by atoms with Gasteiger partial charge < -0.3 is 9.88 Å². The van der Waals surface area contributed by atoms with E-state index < -0.39 is 0 Å². The van der Waals surface area contributed by atoms with Crippen LogP contribution >= 0.6 is 0 Å². The molecular formula is C14H19N3. The summed E-state index contributed by atoms with van der Waals surface area (Å²) in [4.78, 5) is 4.28. The average Bonchev–Trinajstić information content (AvgIpc) is 2.76. The third-order valence-corrected chi connectivity index (χ3v) is 3.00. The lowest BCUT2D eigenvalue weighted by Crippen LogP contribution is -2.19. The summed E-state index contributed by atoms with van der Waals surface area (Å²) in [5, 5.41) is 3.45. The van der Waals surface area contributed by atoms with Crippen LogP contribution in [0.2, 0.25) is 0 Å². The Labute approximate surface area is 103 Å². The van der Waals surface area contributed by atoms with Crippen molar-refractivity contribution in [2.24, 2.45) is 0 Å². The fraction of sp³-hybridized carbons (Fsp3) is 0.357. The molecule has 0 fully saturated rings. The lowest BCUT2D eigenvalue weighted by atomic mass is 10.1. The number of benzene rings is 1. The molecule has 0 saturated heterocycles. The largest absolute Gasteiger partial charge is 0.310 e. The van der Waals surface area contributed by atoms with Crippen LogP contribution in [0.5, 0.6) is 0 Å². The van der Waals surface area contributed by atoms with E-state index in [-0.39, 0.29) is 0 Å². The first kappa shape index (κ1) is 11.9. The molecule has 1 atom stereocenters. The highest BCUT2D eigenvalue weighted by Gasteiger charge is 2.11. The summed E-state index contributed by atoms with van der Waals surface area (Å²) in [5.74, 6) is 1.01. The lowest BCUT2D eigenvalue weighted by molar-refractivity contribution is 0.595. The summed E-state index contributed by atoms with van der Waals surface area (Å²) in [6, 6.07) is 8.80. The smallest absolute Gasteiger partial charge is 0.110 e. The summed E-state index contributed by atoms with van der Waals surface area (Å²) >= 11 is 0. The van der Waals surface area contributed by atoms with E-state index in [4.69, 9.17) is 0 Å². The van der Waals surface area contributed by atoms with Crippen molar-refractivity contribution in [1.29, 1.82) is 0 Å². The highest BCUT2D eigenvalue weighted by Crippen LogP contribution is 2.22. The van der Waals surface area contributed by atoms with Crippen LogP contribution in [-0.2, 0) is 0 Å². The number of aromatic nitrogens is 2. The van der Waals surface area contributed by atoms with Crippen LogP contribution in [0.15, 0.2) is 36.7 Å². The number of para-hydroxylation sites is 1. The SMILES string of the molecule is CCNC(C)c1ccccc1-n1ccnc1C. The van der Waals surface area contributed by atoms with Gasteiger partial charge in [0.2, 0.25) is 0 Å². The first-order chi connectivity index (χ1) is 8.24. The van der Waals surface area contributed by atoms with Crippen molar-refractivity contribution in [2.45, 2.75) is 26.8 Å². The molecule has 1 aromatic carbocycles. The van der Waals surface area contributed by atoms with Gasteiger partial charge in [0.1, 0.15) is 5.82 Å². The van der Waals surface area contributed by atoms with Gasteiger partial charge in [-0.1, -0.05) is 25.1 Å². The molecule has 0 amide bonds. The van der Waals surface area contributed by atoms with Crippen LogP contribution in [0, 0.1) is 6.92 Å². The topological polar surface area (TPSA) is 29.9 Å². The van der Waals surface area contributed by atoms with Crippen molar-refractivity contribution in [1.82, 2.24) is 14.9 Å². The fourth-order valence-electron chi connectivity index (χ4n) is 2.12. The minimum atomic E-state index is 0.345. The minimum absolute atomic E-state index is 0.345. The first-order valence-electron chi connectivity index (χ1n) is 6.06. The van der Waals surface area contributed by atoms with E-state index in [1.165, 1.54) is 11.3 Å². The Bertz CT molecular complexity index is 488. The molecule has 3 nitrogen and oxygen atoms in total. The Balaban J connectivity index is 2.44. The number of nitrogens with zero attached hydrogens (tertiary/aromatic N) is 2.